The monoisotopic (exact) mass is 515 g/mol. The van der Waals surface area contributed by atoms with Crippen LogP contribution in [0, 0.1) is 0 Å². The molecular formula is C30H24F3N3O2. The molecule has 1 N–H and O–H groups in total. The molecule has 0 radical (unpaired) electrons. The van der Waals surface area contributed by atoms with Gasteiger partial charge in [-0.05, 0) is 48.2 Å². The fourth-order valence-electron chi connectivity index (χ4n) is 4.95. The number of carboxylic acid groups (broad SMARTS) is 1. The lowest BCUT2D eigenvalue weighted by molar-refractivity contribution is -0.144. The summed E-state index contributed by atoms with van der Waals surface area (Å²) in [5.41, 5.74) is 1.45. The van der Waals surface area contributed by atoms with E-state index in [2.05, 4.69) is 10.1 Å². The van der Waals surface area contributed by atoms with Crippen LogP contribution in [-0.2, 0) is 22.8 Å². The topological polar surface area (TPSA) is 67.5 Å². The number of nitrogens with zero attached hydrogens (tertiary/aromatic N) is 3. The van der Waals surface area contributed by atoms with Crippen molar-refractivity contribution in [1.82, 2.24) is 14.6 Å². The molecule has 2 unspecified atom stereocenters. The molecule has 0 spiro atoms. The molecule has 2 aromatic heterocycles. The summed E-state index contributed by atoms with van der Waals surface area (Å²) in [5.74, 6) is -1.49. The Bertz CT molecular complexity index is 1570. The number of aliphatic carboxylic acids is 1. The number of aromatic nitrogens is 3. The van der Waals surface area contributed by atoms with Gasteiger partial charge in [-0.1, -0.05) is 72.8 Å². The molecule has 0 aliphatic rings. The molecule has 2 heterocycles. The van der Waals surface area contributed by atoms with Gasteiger partial charge in [-0.15, -0.1) is 0 Å². The Kier molecular flexibility index (Phi) is 6.48. The van der Waals surface area contributed by atoms with Crippen LogP contribution >= 0.6 is 0 Å². The number of carbonyl (C=O) groups is 1. The van der Waals surface area contributed by atoms with Crippen molar-refractivity contribution in [3.8, 4) is 11.1 Å². The molecule has 0 amide bonds. The summed E-state index contributed by atoms with van der Waals surface area (Å²) in [6.45, 7) is 1.68. The van der Waals surface area contributed by atoms with E-state index in [1.807, 2.05) is 60.7 Å². The SMILES string of the molecule is CC(C(=O)O)(c1ccnc2c(-c3ccc(C(F)(F)F)cc3)cnn12)C(Cc1ccccc1)c1ccccc1. The minimum absolute atomic E-state index is 0.362. The molecule has 38 heavy (non-hydrogen) atoms. The Labute approximate surface area is 217 Å². The van der Waals surface area contributed by atoms with E-state index in [-0.39, 0.29) is 0 Å². The van der Waals surface area contributed by atoms with Crippen LogP contribution < -0.4 is 0 Å². The van der Waals surface area contributed by atoms with Gasteiger partial charge in [-0.25, -0.2) is 9.50 Å². The summed E-state index contributed by atoms with van der Waals surface area (Å²) >= 11 is 0. The zero-order chi connectivity index (χ0) is 26.9. The quantitative estimate of drug-likeness (QED) is 0.259. The normalized spacial score (nSPS) is 14.2. The van der Waals surface area contributed by atoms with Crippen LogP contribution in [0.4, 0.5) is 13.2 Å². The smallest absolute Gasteiger partial charge is 0.416 e. The van der Waals surface area contributed by atoms with Gasteiger partial charge >= 0.3 is 12.1 Å². The minimum Gasteiger partial charge on any atom is -0.481 e. The lowest BCUT2D eigenvalue weighted by Gasteiger charge is -2.35. The molecule has 0 aliphatic carbocycles. The molecule has 5 rings (SSSR count). The van der Waals surface area contributed by atoms with Crippen molar-refractivity contribution in [2.75, 3.05) is 0 Å². The van der Waals surface area contributed by atoms with Crippen LogP contribution in [0.1, 0.15) is 35.2 Å². The first-order valence-corrected chi connectivity index (χ1v) is 12.0. The number of fused-ring (bicyclic) bond motifs is 1. The fraction of sp³-hybridized carbons (Fsp3) is 0.167. The van der Waals surface area contributed by atoms with Crippen LogP contribution in [0.25, 0.3) is 16.8 Å². The van der Waals surface area contributed by atoms with E-state index in [9.17, 15) is 23.1 Å². The third-order valence-electron chi connectivity index (χ3n) is 7.08. The number of alkyl halides is 3. The summed E-state index contributed by atoms with van der Waals surface area (Å²) < 4.78 is 40.7. The minimum atomic E-state index is -4.44. The molecule has 5 aromatic rings. The second-order valence-corrected chi connectivity index (χ2v) is 9.36. The standard InChI is InChI=1S/C30H24F3N3O2/c1-29(28(37)38,25(22-10-6-3-7-11-22)18-20-8-4-2-5-9-20)26-16-17-34-27-24(19-35-36(26)27)21-12-14-23(15-13-21)30(31,32)33/h2-17,19,25H,18H2,1H3,(H,37,38). The Hall–Kier alpha value is -4.46. The van der Waals surface area contributed by atoms with E-state index >= 15 is 0 Å². The fourth-order valence-corrected chi connectivity index (χ4v) is 4.95. The maximum absolute atomic E-state index is 13.1. The van der Waals surface area contributed by atoms with Crippen molar-refractivity contribution in [2.45, 2.75) is 30.9 Å². The highest BCUT2D eigenvalue weighted by Gasteiger charge is 2.46. The van der Waals surface area contributed by atoms with Crippen molar-refractivity contribution < 1.29 is 23.1 Å². The summed E-state index contributed by atoms with van der Waals surface area (Å²) in [6.07, 6.45) is -0.957. The molecule has 192 valence electrons. The number of hydrogen-bond donors (Lipinski definition) is 1. The summed E-state index contributed by atoms with van der Waals surface area (Å²) in [5, 5.41) is 15.2. The Morgan fingerprint density at radius 3 is 2.16 bits per heavy atom. The first kappa shape index (κ1) is 25.2. The molecule has 0 saturated heterocycles. The second-order valence-electron chi connectivity index (χ2n) is 9.36. The Balaban J connectivity index is 1.66. The first-order chi connectivity index (χ1) is 18.2. The van der Waals surface area contributed by atoms with E-state index in [4.69, 9.17) is 0 Å². The number of hydrogen-bond acceptors (Lipinski definition) is 3. The van der Waals surface area contributed by atoms with Crippen molar-refractivity contribution >= 4 is 11.6 Å². The largest absolute Gasteiger partial charge is 0.481 e. The summed E-state index contributed by atoms with van der Waals surface area (Å²) in [7, 11) is 0. The molecule has 2 atom stereocenters. The van der Waals surface area contributed by atoms with Gasteiger partial charge in [-0.3, -0.25) is 4.79 Å². The summed E-state index contributed by atoms with van der Waals surface area (Å²) in [6, 6.07) is 25.6. The van der Waals surface area contributed by atoms with Gasteiger partial charge < -0.3 is 5.11 Å². The van der Waals surface area contributed by atoms with Gasteiger partial charge in [0, 0.05) is 17.7 Å². The van der Waals surface area contributed by atoms with Crippen LogP contribution in [0.5, 0.6) is 0 Å². The van der Waals surface area contributed by atoms with Gasteiger partial charge in [0.2, 0.25) is 0 Å². The number of carboxylic acids is 1. The van der Waals surface area contributed by atoms with Gasteiger partial charge in [0.1, 0.15) is 5.41 Å². The molecular weight excluding hydrogens is 491 g/mol. The zero-order valence-electron chi connectivity index (χ0n) is 20.4. The van der Waals surface area contributed by atoms with Crippen molar-refractivity contribution in [2.24, 2.45) is 0 Å². The Morgan fingerprint density at radius 1 is 0.921 bits per heavy atom. The zero-order valence-corrected chi connectivity index (χ0v) is 20.4. The predicted molar refractivity (Wildman–Crippen MR) is 138 cm³/mol. The van der Waals surface area contributed by atoms with E-state index in [0.717, 1.165) is 23.3 Å². The highest BCUT2D eigenvalue weighted by atomic mass is 19.4. The van der Waals surface area contributed by atoms with E-state index in [1.165, 1.54) is 29.0 Å². The highest BCUT2D eigenvalue weighted by Crippen LogP contribution is 2.42. The predicted octanol–water partition coefficient (Wildman–Crippen LogP) is 6.78. The van der Waals surface area contributed by atoms with Crippen molar-refractivity contribution in [3.63, 3.8) is 0 Å². The number of halogens is 3. The molecule has 8 heteroatoms. The molecule has 3 aromatic carbocycles. The average Bonchev–Trinajstić information content (AvgIpc) is 3.36. The van der Waals surface area contributed by atoms with E-state index < -0.39 is 29.0 Å². The van der Waals surface area contributed by atoms with E-state index in [0.29, 0.717) is 28.9 Å². The molecule has 0 saturated carbocycles. The Morgan fingerprint density at radius 2 is 1.55 bits per heavy atom. The number of rotatable bonds is 7. The lowest BCUT2D eigenvalue weighted by atomic mass is 9.68. The molecule has 0 fully saturated rings. The van der Waals surface area contributed by atoms with Gasteiger partial charge in [0.25, 0.3) is 0 Å². The number of benzene rings is 3. The second kappa shape index (κ2) is 9.78. The summed E-state index contributed by atoms with van der Waals surface area (Å²) in [4.78, 5) is 17.5. The molecule has 0 bridgehead atoms. The maximum atomic E-state index is 13.1. The average molecular weight is 516 g/mol. The molecule has 5 nitrogen and oxygen atoms in total. The van der Waals surface area contributed by atoms with Crippen molar-refractivity contribution in [3.05, 3.63) is 126 Å². The third-order valence-corrected chi connectivity index (χ3v) is 7.08. The molecule has 0 aliphatic heterocycles. The lowest BCUT2D eigenvalue weighted by Crippen LogP contribution is -2.41. The third kappa shape index (κ3) is 4.53. The van der Waals surface area contributed by atoms with Crippen molar-refractivity contribution in [1.29, 1.82) is 0 Å². The van der Waals surface area contributed by atoms with Crippen LogP contribution in [-0.4, -0.2) is 25.7 Å². The van der Waals surface area contributed by atoms with Crippen LogP contribution in [0.2, 0.25) is 0 Å². The van der Waals surface area contributed by atoms with E-state index in [1.54, 1.807) is 13.0 Å². The van der Waals surface area contributed by atoms with Gasteiger partial charge in [-0.2, -0.15) is 18.3 Å². The first-order valence-electron chi connectivity index (χ1n) is 12.0. The van der Waals surface area contributed by atoms with Crippen LogP contribution in [0.3, 0.4) is 0 Å². The highest BCUT2D eigenvalue weighted by molar-refractivity contribution is 5.83. The van der Waals surface area contributed by atoms with Crippen LogP contribution in [0.15, 0.2) is 103 Å². The van der Waals surface area contributed by atoms with Gasteiger partial charge in [0.15, 0.2) is 5.65 Å². The maximum Gasteiger partial charge on any atom is 0.416 e. The van der Waals surface area contributed by atoms with Gasteiger partial charge in [0.05, 0.1) is 17.5 Å².